The summed E-state index contributed by atoms with van der Waals surface area (Å²) >= 11 is 1.52. The van der Waals surface area contributed by atoms with Crippen LogP contribution in [0.25, 0.3) is 33.4 Å². The quantitative estimate of drug-likeness (QED) is 0.214. The van der Waals surface area contributed by atoms with Gasteiger partial charge in [-0.3, -0.25) is 29.3 Å². The molecule has 15 heteroatoms. The van der Waals surface area contributed by atoms with Crippen molar-refractivity contribution in [2.45, 2.75) is 115 Å². The summed E-state index contributed by atoms with van der Waals surface area (Å²) in [6.07, 6.45) is 6.81. The summed E-state index contributed by atoms with van der Waals surface area (Å²) in [4.78, 5) is 56.1. The standard InChI is InChI=1S/C47H57N7O7S/c1-26-29-17-47(18-29,61-26)44(57)50-38-40(52-21-46(22-52)24-59-25-46)41-49-35(20-62-41)28-10-13-36-32(16-28)33(19-45(3,4)23-60-43(56)34-9-7-15-53(51-34)42(38)55)39(54(36)30-11-12-30)31-8-6-14-48-37(31)27(2)58-5/h6,8,10,13-14,16,20,26-27,29-30,34,38,40,51H,7,9,11-12,15,17-19,21-25H2,1-5H3,(H,50,57)/t26-,27-,29?,34-,38-,40-,47?/m0/s1. The Morgan fingerprint density at radius 3 is 2.61 bits per heavy atom. The van der Waals surface area contributed by atoms with Crippen LogP contribution in [-0.4, -0.2) is 113 Å². The number of cyclic esters (lactones) is 1. The molecular weight excluding hydrogens is 807 g/mol. The summed E-state index contributed by atoms with van der Waals surface area (Å²) in [5.74, 6) is -0.625. The number of hydrogen-bond acceptors (Lipinski definition) is 12. The maximum Gasteiger partial charge on any atom is 0.324 e. The summed E-state index contributed by atoms with van der Waals surface area (Å²) in [7, 11) is 1.72. The number of ether oxygens (including phenoxy) is 4. The van der Waals surface area contributed by atoms with Crippen LogP contribution in [-0.2, 0) is 39.8 Å². The van der Waals surface area contributed by atoms with Crippen molar-refractivity contribution in [3.63, 3.8) is 0 Å². The van der Waals surface area contributed by atoms with Crippen LogP contribution in [0.2, 0.25) is 0 Å². The largest absolute Gasteiger partial charge is 0.464 e. The maximum absolute atomic E-state index is 15.1. The molecule has 2 saturated carbocycles. The summed E-state index contributed by atoms with van der Waals surface area (Å²) in [5.41, 5.74) is 9.04. The van der Waals surface area contributed by atoms with Crippen molar-refractivity contribution >= 4 is 40.0 Å². The van der Waals surface area contributed by atoms with Gasteiger partial charge in [-0.25, -0.2) is 10.4 Å². The molecule has 2 aliphatic carbocycles. The summed E-state index contributed by atoms with van der Waals surface area (Å²) in [5, 5.41) is 8.76. The first-order chi connectivity index (χ1) is 29.8. The van der Waals surface area contributed by atoms with Gasteiger partial charge in [-0.1, -0.05) is 19.9 Å². The number of aromatic nitrogens is 3. The lowest BCUT2D eigenvalue weighted by molar-refractivity contribution is -0.203. The van der Waals surface area contributed by atoms with Gasteiger partial charge in [-0.2, -0.15) is 0 Å². The number of likely N-dealkylation sites (tertiary alicyclic amines) is 1. The Hall–Kier alpha value is -4.25. The minimum atomic E-state index is -1.000. The number of methoxy groups -OCH3 is 1. The fraction of sp³-hybridized carbons (Fsp3) is 0.596. The zero-order valence-electron chi connectivity index (χ0n) is 36.3. The van der Waals surface area contributed by atoms with Gasteiger partial charge in [0.05, 0.1) is 55.2 Å². The fourth-order valence-corrected chi connectivity index (χ4v) is 12.1. The Morgan fingerprint density at radius 2 is 1.90 bits per heavy atom. The fourth-order valence-electron chi connectivity index (χ4n) is 11.1. The number of fused-ring (bicyclic) bond motifs is 7. The monoisotopic (exact) mass is 863 g/mol. The first kappa shape index (κ1) is 40.5. The highest BCUT2D eigenvalue weighted by Crippen LogP contribution is 2.53. The van der Waals surface area contributed by atoms with E-state index in [0.29, 0.717) is 63.8 Å². The number of pyridine rings is 1. The molecule has 14 nitrogen and oxygen atoms in total. The molecule has 2 N–H and O–H groups in total. The average Bonchev–Trinajstić information content (AvgIpc) is 3.54. The van der Waals surface area contributed by atoms with Crippen molar-refractivity contribution in [2.75, 3.05) is 46.6 Å². The van der Waals surface area contributed by atoms with E-state index in [1.165, 1.54) is 21.9 Å². The second-order valence-electron chi connectivity index (χ2n) is 20.1. The summed E-state index contributed by atoms with van der Waals surface area (Å²) in [6, 6.07) is 8.86. The summed E-state index contributed by atoms with van der Waals surface area (Å²) < 4.78 is 26.5. The van der Waals surface area contributed by atoms with Crippen LogP contribution in [0.5, 0.6) is 0 Å². The molecule has 8 bridgehead atoms. The second kappa shape index (κ2) is 14.9. The predicted octanol–water partition coefficient (Wildman–Crippen LogP) is 5.92. The number of thiazole rings is 1. The molecule has 8 aliphatic rings. The van der Waals surface area contributed by atoms with Crippen LogP contribution in [0, 0.1) is 16.7 Å². The van der Waals surface area contributed by atoms with E-state index in [1.807, 2.05) is 26.1 Å². The average molecular weight is 864 g/mol. The molecular formula is C47H57N7O7S. The lowest BCUT2D eigenvalue weighted by Crippen LogP contribution is -2.70. The van der Waals surface area contributed by atoms with Gasteiger partial charge >= 0.3 is 5.97 Å². The number of rotatable bonds is 7. The first-order valence-corrected chi connectivity index (χ1v) is 23.4. The minimum Gasteiger partial charge on any atom is -0.464 e. The number of carbonyl (C=O) groups excluding carboxylic acids is 3. The van der Waals surface area contributed by atoms with E-state index in [0.717, 1.165) is 70.1 Å². The molecule has 62 heavy (non-hydrogen) atoms. The molecule has 1 spiro atoms. The van der Waals surface area contributed by atoms with Crippen LogP contribution < -0.4 is 10.7 Å². The zero-order chi connectivity index (χ0) is 42.7. The Labute approximate surface area is 366 Å². The van der Waals surface area contributed by atoms with E-state index in [9.17, 15) is 9.59 Å². The van der Waals surface area contributed by atoms with E-state index in [2.05, 4.69) is 63.7 Å². The lowest BCUT2D eigenvalue weighted by Gasteiger charge is -2.58. The molecule has 5 atom stereocenters. The highest BCUT2D eigenvalue weighted by Gasteiger charge is 2.62. The smallest absolute Gasteiger partial charge is 0.324 e. The third-order valence-corrected chi connectivity index (χ3v) is 15.7. The van der Waals surface area contributed by atoms with Crippen LogP contribution >= 0.6 is 11.3 Å². The van der Waals surface area contributed by atoms with Crippen LogP contribution in [0.4, 0.5) is 0 Å². The van der Waals surface area contributed by atoms with Gasteiger partial charge in [0.15, 0.2) is 0 Å². The molecule has 0 radical (unpaired) electrons. The minimum absolute atomic E-state index is 0.0103. The Kier molecular flexibility index (Phi) is 9.75. The van der Waals surface area contributed by atoms with Crippen molar-refractivity contribution in [3.05, 3.63) is 58.2 Å². The van der Waals surface area contributed by atoms with Crippen LogP contribution in [0.1, 0.15) is 101 Å². The van der Waals surface area contributed by atoms with Gasteiger partial charge in [0.25, 0.3) is 11.8 Å². The van der Waals surface area contributed by atoms with Gasteiger partial charge in [-0.15, -0.1) is 11.3 Å². The normalized spacial score (nSPS) is 30.9. The predicted molar refractivity (Wildman–Crippen MR) is 232 cm³/mol. The maximum atomic E-state index is 15.1. The molecule has 1 aromatic carbocycles. The Bertz CT molecular complexity index is 2440. The van der Waals surface area contributed by atoms with Gasteiger partial charge in [0.1, 0.15) is 22.7 Å². The molecule has 7 fully saturated rings. The molecule has 12 rings (SSSR count). The van der Waals surface area contributed by atoms with E-state index in [1.54, 1.807) is 7.11 Å². The molecule has 5 saturated heterocycles. The van der Waals surface area contributed by atoms with Gasteiger partial charge < -0.3 is 28.8 Å². The highest BCUT2D eigenvalue weighted by atomic mass is 32.1. The third-order valence-electron chi connectivity index (χ3n) is 14.7. The van der Waals surface area contributed by atoms with Crippen molar-refractivity contribution < 1.29 is 33.3 Å². The molecule has 6 aliphatic heterocycles. The Morgan fingerprint density at radius 1 is 1.10 bits per heavy atom. The number of hydrazine groups is 1. The molecule has 0 unspecified atom stereocenters. The van der Waals surface area contributed by atoms with Gasteiger partial charge in [0.2, 0.25) is 0 Å². The lowest BCUT2D eigenvalue weighted by atomic mass is 9.72. The van der Waals surface area contributed by atoms with Crippen LogP contribution in [0.15, 0.2) is 41.9 Å². The number of nitrogens with one attached hydrogen (secondary N) is 2. The zero-order valence-corrected chi connectivity index (χ0v) is 37.1. The Balaban J connectivity index is 1.06. The summed E-state index contributed by atoms with van der Waals surface area (Å²) in [6.45, 7) is 11.7. The number of nitrogens with zero attached hydrogens (tertiary/aromatic N) is 5. The molecule has 9 heterocycles. The van der Waals surface area contributed by atoms with E-state index in [-0.39, 0.29) is 36.0 Å². The SMILES string of the molecule is CO[C@@H](C)c1ncccc1-c1c2c3cc(ccc3n1C1CC1)-c1csc(n1)[C@@H](N1CC3(COC3)C1)[C@H](NC(=O)C13CC(C1)[C@H](C)O3)C(=O)N1CCC[C@H](N1)C(=O)OCC(C)(C)C2. The molecule has 328 valence electrons. The van der Waals surface area contributed by atoms with Crippen LogP contribution in [0.3, 0.4) is 0 Å². The number of hydrogen-bond donors (Lipinski definition) is 2. The third kappa shape index (κ3) is 6.72. The second-order valence-corrected chi connectivity index (χ2v) is 21.0. The number of amides is 2. The van der Waals surface area contributed by atoms with E-state index >= 15 is 4.79 Å². The first-order valence-electron chi connectivity index (χ1n) is 22.5. The van der Waals surface area contributed by atoms with Gasteiger partial charge in [0, 0.05) is 77.2 Å². The molecule has 3 aromatic heterocycles. The molecule has 4 aromatic rings. The number of esters is 1. The topological polar surface area (TPSA) is 149 Å². The van der Waals surface area contributed by atoms with Crippen molar-refractivity contribution in [2.24, 2.45) is 16.7 Å². The molecule has 2 amide bonds. The number of carbonyl (C=O) groups is 3. The van der Waals surface area contributed by atoms with Crippen molar-refractivity contribution in [1.82, 2.24) is 35.2 Å². The van der Waals surface area contributed by atoms with Crippen molar-refractivity contribution in [1.29, 1.82) is 0 Å². The number of benzene rings is 1. The van der Waals surface area contributed by atoms with Crippen molar-refractivity contribution in [3.8, 4) is 22.5 Å². The van der Waals surface area contributed by atoms with E-state index < -0.39 is 35.1 Å². The highest BCUT2D eigenvalue weighted by molar-refractivity contribution is 7.10. The van der Waals surface area contributed by atoms with Gasteiger partial charge in [-0.05, 0) is 94.5 Å². The van der Waals surface area contributed by atoms with E-state index in [4.69, 9.17) is 28.9 Å².